The lowest BCUT2D eigenvalue weighted by Crippen LogP contribution is -2.28. The van der Waals surface area contributed by atoms with E-state index in [1.807, 2.05) is 6.92 Å². The fourth-order valence-corrected chi connectivity index (χ4v) is 3.47. The van der Waals surface area contributed by atoms with Gasteiger partial charge in [-0.15, -0.1) is 0 Å². The van der Waals surface area contributed by atoms with Crippen LogP contribution >= 0.6 is 11.8 Å². The van der Waals surface area contributed by atoms with Gasteiger partial charge in [0.1, 0.15) is 12.4 Å². The van der Waals surface area contributed by atoms with Crippen LogP contribution in [0.4, 0.5) is 10.5 Å². The van der Waals surface area contributed by atoms with Crippen molar-refractivity contribution in [3.63, 3.8) is 0 Å². The highest BCUT2D eigenvalue weighted by Gasteiger charge is 2.34. The van der Waals surface area contributed by atoms with Crippen LogP contribution in [0.15, 0.2) is 53.4 Å². The van der Waals surface area contributed by atoms with E-state index < -0.39 is 4.92 Å². The molecular weight excluding hydrogens is 380 g/mol. The van der Waals surface area contributed by atoms with Gasteiger partial charge < -0.3 is 4.74 Å². The molecule has 0 aromatic heterocycles. The van der Waals surface area contributed by atoms with Gasteiger partial charge in [0.25, 0.3) is 16.8 Å². The van der Waals surface area contributed by atoms with Crippen LogP contribution in [0.5, 0.6) is 5.75 Å². The van der Waals surface area contributed by atoms with Crippen molar-refractivity contribution in [1.82, 2.24) is 4.90 Å². The smallest absolute Gasteiger partial charge is 0.293 e. The van der Waals surface area contributed by atoms with Crippen LogP contribution in [0.3, 0.4) is 0 Å². The van der Waals surface area contributed by atoms with Crippen LogP contribution in [0, 0.1) is 10.1 Å². The third kappa shape index (κ3) is 4.58. The van der Waals surface area contributed by atoms with Gasteiger partial charge in [-0.1, -0.05) is 19.1 Å². The maximum Gasteiger partial charge on any atom is 0.293 e. The summed E-state index contributed by atoms with van der Waals surface area (Å²) in [4.78, 5) is 36.0. The summed E-state index contributed by atoms with van der Waals surface area (Å²) in [6, 6.07) is 13.3. The van der Waals surface area contributed by atoms with Crippen LogP contribution in [-0.4, -0.2) is 27.5 Å². The van der Waals surface area contributed by atoms with E-state index in [0.717, 1.165) is 29.3 Å². The lowest BCUT2D eigenvalue weighted by atomic mass is 10.2. The number of non-ortho nitro benzene ring substituents is 1. The van der Waals surface area contributed by atoms with Crippen LogP contribution < -0.4 is 4.74 Å². The van der Waals surface area contributed by atoms with Gasteiger partial charge in [0.15, 0.2) is 0 Å². The Morgan fingerprint density at radius 3 is 2.39 bits per heavy atom. The predicted octanol–water partition coefficient (Wildman–Crippen LogP) is 4.62. The number of ether oxygens (including phenoxy) is 1. The number of hydrogen-bond donors (Lipinski definition) is 0. The molecule has 1 aliphatic heterocycles. The molecule has 3 rings (SSSR count). The number of benzene rings is 2. The first-order valence-corrected chi connectivity index (χ1v) is 9.51. The molecule has 0 saturated carbocycles. The largest absolute Gasteiger partial charge is 0.489 e. The van der Waals surface area contributed by atoms with E-state index in [1.165, 1.54) is 17.0 Å². The Kier molecular flexibility index (Phi) is 6.10. The third-order valence-electron chi connectivity index (χ3n) is 4.05. The molecular formula is C20H18N2O5S. The highest BCUT2D eigenvalue weighted by atomic mass is 32.2. The fourth-order valence-electron chi connectivity index (χ4n) is 2.61. The lowest BCUT2D eigenvalue weighted by molar-refractivity contribution is -0.384. The third-order valence-corrected chi connectivity index (χ3v) is 4.96. The zero-order chi connectivity index (χ0) is 20.1. The SMILES string of the molecule is CCCN1C(=O)S/C(=C/c2ccc(OCc3ccc([N+](=O)[O-])cc3)cc2)C1=O. The normalized spacial score (nSPS) is 15.3. The molecule has 1 heterocycles. The molecule has 0 bridgehead atoms. The molecule has 28 heavy (non-hydrogen) atoms. The molecule has 144 valence electrons. The van der Waals surface area contributed by atoms with E-state index in [-0.39, 0.29) is 23.4 Å². The van der Waals surface area contributed by atoms with E-state index in [0.29, 0.717) is 17.2 Å². The van der Waals surface area contributed by atoms with Crippen molar-refractivity contribution in [3.8, 4) is 5.75 Å². The maximum atomic E-state index is 12.3. The zero-order valence-corrected chi connectivity index (χ0v) is 16.0. The minimum atomic E-state index is -0.444. The molecule has 8 heteroatoms. The number of carbonyl (C=O) groups is 2. The summed E-state index contributed by atoms with van der Waals surface area (Å²) in [6.45, 7) is 2.63. The van der Waals surface area contributed by atoms with E-state index in [9.17, 15) is 19.7 Å². The fraction of sp³-hybridized carbons (Fsp3) is 0.200. The monoisotopic (exact) mass is 398 g/mol. The van der Waals surface area contributed by atoms with E-state index in [1.54, 1.807) is 42.5 Å². The average molecular weight is 398 g/mol. The summed E-state index contributed by atoms with van der Waals surface area (Å²) in [5, 5.41) is 10.4. The summed E-state index contributed by atoms with van der Waals surface area (Å²) < 4.78 is 5.68. The van der Waals surface area contributed by atoms with Gasteiger partial charge in [0.2, 0.25) is 0 Å². The molecule has 1 saturated heterocycles. The van der Waals surface area contributed by atoms with Crippen molar-refractivity contribution in [2.45, 2.75) is 20.0 Å². The lowest BCUT2D eigenvalue weighted by Gasteiger charge is -2.09. The molecule has 0 radical (unpaired) electrons. The topological polar surface area (TPSA) is 89.8 Å². The highest BCUT2D eigenvalue weighted by molar-refractivity contribution is 8.18. The van der Waals surface area contributed by atoms with E-state index in [4.69, 9.17) is 4.74 Å². The molecule has 0 unspecified atom stereocenters. The molecule has 2 amide bonds. The molecule has 1 fully saturated rings. The number of nitro groups is 1. The van der Waals surface area contributed by atoms with Gasteiger partial charge in [-0.3, -0.25) is 24.6 Å². The van der Waals surface area contributed by atoms with Crippen molar-refractivity contribution >= 4 is 34.7 Å². The van der Waals surface area contributed by atoms with Crippen molar-refractivity contribution < 1.29 is 19.2 Å². The summed E-state index contributed by atoms with van der Waals surface area (Å²) in [5.74, 6) is 0.380. The van der Waals surface area contributed by atoms with Gasteiger partial charge in [0, 0.05) is 18.7 Å². The van der Waals surface area contributed by atoms with Crippen LogP contribution in [0.1, 0.15) is 24.5 Å². The van der Waals surface area contributed by atoms with Crippen molar-refractivity contribution in [2.75, 3.05) is 6.54 Å². The zero-order valence-electron chi connectivity index (χ0n) is 15.2. The quantitative estimate of drug-likeness (QED) is 0.384. The second kappa shape index (κ2) is 8.71. The summed E-state index contributed by atoms with van der Waals surface area (Å²) in [6.07, 6.45) is 2.42. The number of hydrogen-bond acceptors (Lipinski definition) is 6. The van der Waals surface area contributed by atoms with Crippen LogP contribution in [-0.2, 0) is 11.4 Å². The number of thioether (sulfide) groups is 1. The first-order chi connectivity index (χ1) is 13.5. The summed E-state index contributed by atoms with van der Waals surface area (Å²) in [7, 11) is 0. The second-order valence-corrected chi connectivity index (χ2v) is 7.11. The molecule has 0 aliphatic carbocycles. The van der Waals surface area contributed by atoms with Crippen molar-refractivity contribution in [2.24, 2.45) is 0 Å². The van der Waals surface area contributed by atoms with Gasteiger partial charge in [0.05, 0.1) is 9.83 Å². The summed E-state index contributed by atoms with van der Waals surface area (Å²) in [5.41, 5.74) is 1.65. The van der Waals surface area contributed by atoms with E-state index >= 15 is 0 Å². The molecule has 7 nitrogen and oxygen atoms in total. The minimum Gasteiger partial charge on any atom is -0.489 e. The van der Waals surface area contributed by atoms with Crippen molar-refractivity contribution in [3.05, 3.63) is 74.7 Å². The predicted molar refractivity (Wildman–Crippen MR) is 107 cm³/mol. The molecule has 2 aromatic carbocycles. The number of carbonyl (C=O) groups excluding carboxylic acids is 2. The summed E-state index contributed by atoms with van der Waals surface area (Å²) >= 11 is 0.951. The molecule has 0 atom stereocenters. The maximum absolute atomic E-state index is 12.3. The molecule has 0 spiro atoms. The van der Waals surface area contributed by atoms with Crippen molar-refractivity contribution in [1.29, 1.82) is 0 Å². The van der Waals surface area contributed by atoms with E-state index in [2.05, 4.69) is 0 Å². The standard InChI is InChI=1S/C20H18N2O5S/c1-2-11-21-19(23)18(28-20(21)24)12-14-5-9-17(10-6-14)27-13-15-3-7-16(8-4-15)22(25)26/h3-10,12H,2,11,13H2,1H3/b18-12+. The first kappa shape index (κ1) is 19.6. The average Bonchev–Trinajstić information content (AvgIpc) is 2.95. The number of nitrogens with zero attached hydrogens (tertiary/aromatic N) is 2. The minimum absolute atomic E-state index is 0.0384. The Balaban J connectivity index is 1.61. The Morgan fingerprint density at radius 1 is 1.11 bits per heavy atom. The van der Waals surface area contributed by atoms with Crippen LogP contribution in [0.2, 0.25) is 0 Å². The van der Waals surface area contributed by atoms with Gasteiger partial charge >= 0.3 is 0 Å². The molecule has 1 aliphatic rings. The Morgan fingerprint density at radius 2 is 1.79 bits per heavy atom. The number of nitro benzene ring substituents is 1. The Labute approximate surface area is 166 Å². The number of amides is 2. The number of imide groups is 1. The van der Waals surface area contributed by atoms with Gasteiger partial charge in [-0.05, 0) is 59.7 Å². The van der Waals surface area contributed by atoms with Gasteiger partial charge in [-0.2, -0.15) is 0 Å². The molecule has 2 aromatic rings. The van der Waals surface area contributed by atoms with Gasteiger partial charge in [-0.25, -0.2) is 0 Å². The molecule has 0 N–H and O–H groups in total. The Bertz CT molecular complexity index is 923. The Hall–Kier alpha value is -3.13. The second-order valence-electron chi connectivity index (χ2n) is 6.11. The highest BCUT2D eigenvalue weighted by Crippen LogP contribution is 2.32. The number of rotatable bonds is 7. The first-order valence-electron chi connectivity index (χ1n) is 8.69. The van der Waals surface area contributed by atoms with Crippen LogP contribution in [0.25, 0.3) is 6.08 Å².